The molecular formula is C32H47N2O4+. The standard InChI is InChI=1S/C32H46N2O4/c1-23(2)8-12-29-27-14-18-33-28(27)21-34(29)22-38-31-19-24(10-13-30(31)37)9-11-26(36)20-25(35)7-6-17-32(3)15-4-5-16-32/h10,13-14,18-19,23,25,35,37H,4-9,11-12,15-17,20-22H2,1-3H3/p+1/t25-/m1/s1. The van der Waals surface area contributed by atoms with E-state index in [-0.39, 0.29) is 18.0 Å². The molecule has 0 aromatic heterocycles. The molecule has 6 nitrogen and oxygen atoms in total. The summed E-state index contributed by atoms with van der Waals surface area (Å²) in [5.74, 6) is 1.27. The van der Waals surface area contributed by atoms with Crippen molar-refractivity contribution in [3.05, 3.63) is 47.3 Å². The van der Waals surface area contributed by atoms with Crippen LogP contribution in [0.4, 0.5) is 0 Å². The molecule has 1 unspecified atom stereocenters. The second kappa shape index (κ2) is 13.1. The first kappa shape index (κ1) is 28.6. The van der Waals surface area contributed by atoms with E-state index in [0.717, 1.165) is 43.5 Å². The molecule has 3 aliphatic rings. The minimum absolute atomic E-state index is 0.0865. The van der Waals surface area contributed by atoms with Crippen LogP contribution in [0.3, 0.4) is 0 Å². The quantitative estimate of drug-likeness (QED) is 0.292. The summed E-state index contributed by atoms with van der Waals surface area (Å²) in [4.78, 5) is 18.3. The number of nitrogens with one attached hydrogen (secondary N) is 1. The highest BCUT2D eigenvalue weighted by atomic mass is 16.5. The lowest BCUT2D eigenvalue weighted by molar-refractivity contribution is -0.866. The Morgan fingerprint density at radius 1 is 1.18 bits per heavy atom. The van der Waals surface area contributed by atoms with E-state index in [1.54, 1.807) is 6.07 Å². The van der Waals surface area contributed by atoms with Crippen LogP contribution >= 0.6 is 0 Å². The van der Waals surface area contributed by atoms with Gasteiger partial charge in [0.25, 0.3) is 0 Å². The number of aliphatic imine (C=N–C) groups is 1. The maximum absolute atomic E-state index is 12.5. The topological polar surface area (TPSA) is 83.6 Å². The molecule has 4 rings (SSSR count). The summed E-state index contributed by atoms with van der Waals surface area (Å²) in [5.41, 5.74) is 5.09. The largest absolute Gasteiger partial charge is 0.504 e. The predicted octanol–water partition coefficient (Wildman–Crippen LogP) is 5.29. The van der Waals surface area contributed by atoms with Crippen molar-refractivity contribution in [1.29, 1.82) is 0 Å². The Morgan fingerprint density at radius 3 is 2.74 bits per heavy atom. The van der Waals surface area contributed by atoms with E-state index in [1.807, 2.05) is 18.3 Å². The Hall–Kier alpha value is -2.44. The lowest BCUT2D eigenvalue weighted by atomic mass is 9.83. The van der Waals surface area contributed by atoms with Gasteiger partial charge >= 0.3 is 0 Å². The number of hydrogen-bond acceptors (Lipinski definition) is 5. The third kappa shape index (κ3) is 7.79. The van der Waals surface area contributed by atoms with E-state index in [0.29, 0.717) is 43.1 Å². The fourth-order valence-corrected chi connectivity index (χ4v) is 6.15. The molecule has 0 radical (unpaired) electrons. The lowest BCUT2D eigenvalue weighted by Gasteiger charge is -2.23. The summed E-state index contributed by atoms with van der Waals surface area (Å²) in [6.45, 7) is 8.06. The van der Waals surface area contributed by atoms with Crippen molar-refractivity contribution in [1.82, 2.24) is 0 Å². The number of allylic oxidation sites excluding steroid dienone is 2. The number of quaternary nitrogens is 1. The summed E-state index contributed by atoms with van der Waals surface area (Å²) >= 11 is 0. The van der Waals surface area contributed by atoms with Crippen molar-refractivity contribution in [2.75, 3.05) is 13.3 Å². The van der Waals surface area contributed by atoms with Gasteiger partial charge in [0.2, 0.25) is 6.73 Å². The smallest absolute Gasteiger partial charge is 0.227 e. The molecule has 0 saturated heterocycles. The molecule has 0 spiro atoms. The van der Waals surface area contributed by atoms with Gasteiger partial charge in [-0.25, -0.2) is 0 Å². The number of aryl methyl sites for hydroxylation is 1. The van der Waals surface area contributed by atoms with Crippen molar-refractivity contribution in [2.24, 2.45) is 16.3 Å². The minimum Gasteiger partial charge on any atom is -0.504 e. The van der Waals surface area contributed by atoms with E-state index in [4.69, 9.17) is 4.74 Å². The van der Waals surface area contributed by atoms with Gasteiger partial charge in [0.05, 0.1) is 11.7 Å². The SMILES string of the molecule is CC(C)CCC1=C2C=CN=C2C[NH+]1COc1cc(CCC(=O)C[C@H](O)CCCC2(C)CCCC2)ccc1O. The van der Waals surface area contributed by atoms with E-state index in [9.17, 15) is 15.0 Å². The summed E-state index contributed by atoms with van der Waals surface area (Å²) in [7, 11) is 0. The van der Waals surface area contributed by atoms with Crippen LogP contribution in [-0.4, -0.2) is 41.1 Å². The Kier molecular flexibility index (Phi) is 9.83. The number of ketones is 1. The number of hydrogen-bond donors (Lipinski definition) is 3. The minimum atomic E-state index is -0.549. The average Bonchev–Trinajstić information content (AvgIpc) is 3.58. The molecule has 0 bridgehead atoms. The molecule has 38 heavy (non-hydrogen) atoms. The van der Waals surface area contributed by atoms with Crippen LogP contribution < -0.4 is 9.64 Å². The zero-order chi connectivity index (χ0) is 27.1. The molecular weight excluding hydrogens is 476 g/mol. The normalized spacial score (nSPS) is 20.8. The van der Waals surface area contributed by atoms with Gasteiger partial charge in [-0.1, -0.05) is 46.1 Å². The molecule has 2 atom stereocenters. The fourth-order valence-electron chi connectivity index (χ4n) is 6.15. The van der Waals surface area contributed by atoms with Gasteiger partial charge in [-0.3, -0.25) is 14.7 Å². The molecule has 6 heteroatoms. The number of phenolic OH excluding ortho intramolecular Hbond substituents is 1. The molecule has 0 amide bonds. The number of nitrogens with zero attached hydrogens (tertiary/aromatic N) is 1. The van der Waals surface area contributed by atoms with Crippen molar-refractivity contribution in [3.8, 4) is 11.5 Å². The van der Waals surface area contributed by atoms with Crippen molar-refractivity contribution in [2.45, 2.75) is 104 Å². The van der Waals surface area contributed by atoms with Crippen LogP contribution in [0.15, 0.2) is 46.7 Å². The van der Waals surface area contributed by atoms with Crippen molar-refractivity contribution < 1.29 is 24.6 Å². The summed E-state index contributed by atoms with van der Waals surface area (Å²) < 4.78 is 6.10. The van der Waals surface area contributed by atoms with Gasteiger partial charge in [-0.05, 0) is 73.6 Å². The number of rotatable bonds is 15. The number of carbonyl (C=O) groups is 1. The highest BCUT2D eigenvalue weighted by Gasteiger charge is 2.33. The van der Waals surface area contributed by atoms with E-state index in [2.05, 4.69) is 31.8 Å². The molecule has 1 saturated carbocycles. The first-order chi connectivity index (χ1) is 18.2. The molecule has 1 fully saturated rings. The Balaban J connectivity index is 1.23. The Labute approximate surface area is 228 Å². The number of aliphatic hydroxyl groups is 1. The number of Topliss-reactive ketones (excluding diaryl/α,β-unsaturated/α-hetero) is 1. The van der Waals surface area contributed by atoms with Gasteiger partial charge in [0.15, 0.2) is 11.5 Å². The molecule has 1 aromatic carbocycles. The number of ether oxygens (including phenoxy) is 1. The second-order valence-electron chi connectivity index (χ2n) is 12.4. The zero-order valence-corrected chi connectivity index (χ0v) is 23.6. The number of aliphatic hydroxyl groups excluding tert-OH is 1. The maximum Gasteiger partial charge on any atom is 0.227 e. The summed E-state index contributed by atoms with van der Waals surface area (Å²) in [5, 5.41) is 20.8. The van der Waals surface area contributed by atoms with Crippen LogP contribution in [0.5, 0.6) is 11.5 Å². The molecule has 2 aliphatic heterocycles. The highest BCUT2D eigenvalue weighted by molar-refractivity contribution is 6.07. The number of benzene rings is 1. The van der Waals surface area contributed by atoms with E-state index in [1.165, 1.54) is 41.9 Å². The van der Waals surface area contributed by atoms with Crippen molar-refractivity contribution in [3.63, 3.8) is 0 Å². The van der Waals surface area contributed by atoms with Gasteiger partial charge in [0.1, 0.15) is 23.7 Å². The highest BCUT2D eigenvalue weighted by Crippen LogP contribution is 2.41. The molecule has 3 N–H and O–H groups in total. The Morgan fingerprint density at radius 2 is 1.97 bits per heavy atom. The van der Waals surface area contributed by atoms with Gasteiger partial charge in [0, 0.05) is 25.5 Å². The van der Waals surface area contributed by atoms with Gasteiger partial charge in [-0.2, -0.15) is 0 Å². The van der Waals surface area contributed by atoms with Gasteiger partial charge < -0.3 is 14.9 Å². The summed E-state index contributed by atoms with van der Waals surface area (Å²) in [6, 6.07) is 5.33. The lowest BCUT2D eigenvalue weighted by Crippen LogP contribution is -3.10. The fraction of sp³-hybridized carbons (Fsp3) is 0.625. The number of fused-ring (bicyclic) bond motifs is 1. The van der Waals surface area contributed by atoms with Crippen molar-refractivity contribution >= 4 is 11.5 Å². The predicted molar refractivity (Wildman–Crippen MR) is 151 cm³/mol. The number of aromatic hydroxyl groups is 1. The molecule has 1 aliphatic carbocycles. The van der Waals surface area contributed by atoms with Crippen LogP contribution in [-0.2, 0) is 11.2 Å². The maximum atomic E-state index is 12.5. The molecule has 1 aromatic rings. The monoisotopic (exact) mass is 523 g/mol. The van der Waals surface area contributed by atoms with Crippen LogP contribution in [0.25, 0.3) is 0 Å². The van der Waals surface area contributed by atoms with E-state index >= 15 is 0 Å². The third-order valence-corrected chi connectivity index (χ3v) is 8.60. The third-order valence-electron chi connectivity index (χ3n) is 8.60. The first-order valence-corrected chi connectivity index (χ1v) is 14.7. The zero-order valence-electron chi connectivity index (χ0n) is 23.6. The van der Waals surface area contributed by atoms with Gasteiger partial charge in [-0.15, -0.1) is 0 Å². The molecule has 2 heterocycles. The van der Waals surface area contributed by atoms with Crippen LogP contribution in [0.1, 0.15) is 97.0 Å². The van der Waals surface area contributed by atoms with Crippen LogP contribution in [0.2, 0.25) is 0 Å². The average molecular weight is 524 g/mol. The second-order valence-corrected chi connectivity index (χ2v) is 12.4. The number of phenols is 1. The van der Waals surface area contributed by atoms with Crippen LogP contribution in [0, 0.1) is 11.3 Å². The van der Waals surface area contributed by atoms with E-state index < -0.39 is 6.10 Å². The summed E-state index contributed by atoms with van der Waals surface area (Å²) in [6.07, 6.45) is 14.8. The number of carbonyl (C=O) groups excluding carboxylic acids is 1. The molecule has 208 valence electrons. The Bertz CT molecular complexity index is 1070. The first-order valence-electron chi connectivity index (χ1n) is 14.7.